The molecule has 0 rings (SSSR count). The van der Waals surface area contributed by atoms with Gasteiger partial charge in [0, 0.05) is 6.42 Å². The Morgan fingerprint density at radius 2 is 1.38 bits per heavy atom. The van der Waals surface area contributed by atoms with E-state index in [9.17, 15) is 9.59 Å². The maximum Gasteiger partial charge on any atom is 0.305 e. The van der Waals surface area contributed by atoms with Crippen molar-refractivity contribution >= 4 is 11.9 Å². The van der Waals surface area contributed by atoms with Crippen LogP contribution in [-0.4, -0.2) is 29.7 Å². The molecule has 152 valence electrons. The van der Waals surface area contributed by atoms with Crippen LogP contribution in [-0.2, 0) is 14.3 Å². The molecule has 0 heterocycles. The van der Waals surface area contributed by atoms with Gasteiger partial charge in [-0.1, -0.05) is 70.4 Å². The van der Waals surface area contributed by atoms with Crippen molar-refractivity contribution in [2.24, 2.45) is 5.73 Å². The average molecular weight is 370 g/mol. The van der Waals surface area contributed by atoms with E-state index in [1.165, 1.54) is 57.8 Å². The molecule has 0 aliphatic rings. The molecule has 0 aliphatic carbocycles. The Kier molecular flexibility index (Phi) is 17.5. The van der Waals surface area contributed by atoms with Gasteiger partial charge < -0.3 is 15.6 Å². The van der Waals surface area contributed by atoms with Gasteiger partial charge in [-0.2, -0.15) is 0 Å². The third-order valence-electron chi connectivity index (χ3n) is 4.37. The summed E-state index contributed by atoms with van der Waals surface area (Å²) in [5, 5.41) is 9.12. The average Bonchev–Trinajstić information content (AvgIpc) is 2.62. The summed E-state index contributed by atoms with van der Waals surface area (Å²) in [5.41, 5.74) is 4.87. The van der Waals surface area contributed by atoms with Crippen LogP contribution in [0.1, 0.15) is 96.8 Å². The lowest BCUT2D eigenvalue weighted by molar-refractivity contribution is -0.148. The first kappa shape index (κ1) is 24.6. The number of hydrogen-bond acceptors (Lipinski definition) is 4. The van der Waals surface area contributed by atoms with E-state index in [2.05, 4.69) is 19.1 Å². The fourth-order valence-electron chi connectivity index (χ4n) is 2.67. The van der Waals surface area contributed by atoms with Crippen molar-refractivity contribution in [3.63, 3.8) is 0 Å². The van der Waals surface area contributed by atoms with E-state index in [-0.39, 0.29) is 12.6 Å². The largest absolute Gasteiger partial charge is 0.462 e. The van der Waals surface area contributed by atoms with Crippen molar-refractivity contribution in [2.45, 2.75) is 103 Å². The number of primary amides is 1. The molecule has 5 heteroatoms. The molecule has 0 fully saturated rings. The Morgan fingerprint density at radius 3 is 1.92 bits per heavy atom. The Hall–Kier alpha value is -1.36. The minimum atomic E-state index is -1.41. The first-order chi connectivity index (χ1) is 12.6. The lowest BCUT2D eigenvalue weighted by Crippen LogP contribution is -2.33. The molecule has 1 atom stereocenters. The first-order valence-corrected chi connectivity index (χ1v) is 10.4. The third-order valence-corrected chi connectivity index (χ3v) is 4.37. The van der Waals surface area contributed by atoms with E-state index in [1.54, 1.807) is 0 Å². The van der Waals surface area contributed by atoms with Crippen molar-refractivity contribution < 1.29 is 19.4 Å². The minimum absolute atomic E-state index is 0.323. The van der Waals surface area contributed by atoms with Crippen LogP contribution in [0.25, 0.3) is 0 Å². The second-order valence-electron chi connectivity index (χ2n) is 6.94. The summed E-state index contributed by atoms with van der Waals surface area (Å²) in [7, 11) is 0. The quantitative estimate of drug-likeness (QED) is 0.213. The van der Waals surface area contributed by atoms with Crippen molar-refractivity contribution in [3.05, 3.63) is 12.2 Å². The van der Waals surface area contributed by atoms with Crippen molar-refractivity contribution in [1.29, 1.82) is 0 Å². The molecule has 0 aromatic carbocycles. The van der Waals surface area contributed by atoms with Gasteiger partial charge in [-0.15, -0.1) is 0 Å². The van der Waals surface area contributed by atoms with Gasteiger partial charge in [-0.3, -0.25) is 9.59 Å². The van der Waals surface area contributed by atoms with Gasteiger partial charge in [0.2, 0.25) is 5.91 Å². The smallest absolute Gasteiger partial charge is 0.305 e. The zero-order valence-corrected chi connectivity index (χ0v) is 16.6. The molecule has 1 amide bonds. The standard InChI is InChI=1S/C21H39NO4/c1-2-3-4-5-6-7-8-9-10-11-12-13-14-15-16-17-20(24)26-18-19(23)21(22)25/h9-10,19,23H,2-8,11-18H2,1H3,(H2,22,25). The fourth-order valence-corrected chi connectivity index (χ4v) is 2.67. The molecule has 0 aliphatic heterocycles. The van der Waals surface area contributed by atoms with Gasteiger partial charge in [0.15, 0.2) is 6.10 Å². The fraction of sp³-hybridized carbons (Fsp3) is 0.810. The van der Waals surface area contributed by atoms with Crippen LogP contribution in [0, 0.1) is 0 Å². The SMILES string of the molecule is CCCCCCCCC=CCCCCCCCC(=O)OCC(O)C(N)=O. The second kappa shape index (κ2) is 18.4. The lowest BCUT2D eigenvalue weighted by atomic mass is 10.1. The molecule has 3 N–H and O–H groups in total. The number of ether oxygens (including phenoxy) is 1. The van der Waals surface area contributed by atoms with Gasteiger partial charge in [-0.25, -0.2) is 0 Å². The molecular weight excluding hydrogens is 330 g/mol. The Morgan fingerprint density at radius 1 is 0.885 bits per heavy atom. The lowest BCUT2D eigenvalue weighted by Gasteiger charge is -2.07. The highest BCUT2D eigenvalue weighted by atomic mass is 16.5. The van der Waals surface area contributed by atoms with Crippen LogP contribution in [0.4, 0.5) is 0 Å². The predicted octanol–water partition coefficient (Wildman–Crippen LogP) is 4.41. The van der Waals surface area contributed by atoms with E-state index in [0.717, 1.165) is 25.7 Å². The molecule has 0 aromatic heterocycles. The van der Waals surface area contributed by atoms with E-state index < -0.39 is 12.0 Å². The van der Waals surface area contributed by atoms with E-state index >= 15 is 0 Å². The van der Waals surface area contributed by atoms with Crippen molar-refractivity contribution in [2.75, 3.05) is 6.61 Å². The topological polar surface area (TPSA) is 89.6 Å². The summed E-state index contributed by atoms with van der Waals surface area (Å²) in [4.78, 5) is 22.0. The van der Waals surface area contributed by atoms with Gasteiger partial charge in [0.05, 0.1) is 0 Å². The van der Waals surface area contributed by atoms with Crippen molar-refractivity contribution in [1.82, 2.24) is 0 Å². The molecule has 26 heavy (non-hydrogen) atoms. The van der Waals surface area contributed by atoms with Crippen LogP contribution < -0.4 is 5.73 Å². The maximum atomic E-state index is 11.4. The number of aliphatic hydroxyl groups excluding tert-OH is 1. The number of rotatable bonds is 18. The number of amides is 1. The zero-order valence-electron chi connectivity index (χ0n) is 16.6. The molecule has 1 unspecified atom stereocenters. The molecule has 0 spiro atoms. The van der Waals surface area contributed by atoms with Crippen LogP contribution in [0.2, 0.25) is 0 Å². The zero-order chi connectivity index (χ0) is 19.5. The molecule has 0 radical (unpaired) electrons. The molecular formula is C21H39NO4. The number of nitrogens with two attached hydrogens (primary N) is 1. The van der Waals surface area contributed by atoms with Crippen LogP contribution in [0.5, 0.6) is 0 Å². The number of unbranched alkanes of at least 4 members (excludes halogenated alkanes) is 11. The summed E-state index contributed by atoms with van der Waals surface area (Å²) >= 11 is 0. The van der Waals surface area contributed by atoms with Gasteiger partial charge in [0.1, 0.15) is 6.61 Å². The highest BCUT2D eigenvalue weighted by molar-refractivity contribution is 5.79. The van der Waals surface area contributed by atoms with E-state index in [0.29, 0.717) is 6.42 Å². The highest BCUT2D eigenvalue weighted by Gasteiger charge is 2.13. The molecule has 0 saturated carbocycles. The number of aliphatic hydroxyl groups is 1. The van der Waals surface area contributed by atoms with Crippen molar-refractivity contribution in [3.8, 4) is 0 Å². The summed E-state index contributed by atoms with van der Waals surface area (Å²) in [6.07, 6.45) is 19.2. The maximum absolute atomic E-state index is 11.4. The second-order valence-corrected chi connectivity index (χ2v) is 6.94. The summed E-state index contributed by atoms with van der Waals surface area (Å²) in [6.45, 7) is 1.90. The number of carbonyl (C=O) groups is 2. The number of esters is 1. The van der Waals surface area contributed by atoms with E-state index in [4.69, 9.17) is 15.6 Å². The first-order valence-electron chi connectivity index (χ1n) is 10.4. The summed E-state index contributed by atoms with van der Waals surface area (Å²) in [6, 6.07) is 0. The number of hydrogen-bond donors (Lipinski definition) is 2. The van der Waals surface area contributed by atoms with Gasteiger partial charge >= 0.3 is 5.97 Å². The highest BCUT2D eigenvalue weighted by Crippen LogP contribution is 2.10. The molecule has 0 saturated heterocycles. The third kappa shape index (κ3) is 17.5. The normalized spacial score (nSPS) is 12.4. The molecule has 0 bridgehead atoms. The molecule has 0 aromatic rings. The predicted molar refractivity (Wildman–Crippen MR) is 106 cm³/mol. The van der Waals surface area contributed by atoms with Gasteiger partial charge in [-0.05, 0) is 32.1 Å². The van der Waals surface area contributed by atoms with Crippen LogP contribution >= 0.6 is 0 Å². The van der Waals surface area contributed by atoms with E-state index in [1.807, 2.05) is 0 Å². The summed E-state index contributed by atoms with van der Waals surface area (Å²) < 4.78 is 4.79. The minimum Gasteiger partial charge on any atom is -0.462 e. The molecule has 5 nitrogen and oxygen atoms in total. The Balaban J connectivity index is 3.29. The summed E-state index contributed by atoms with van der Waals surface area (Å²) in [5.74, 6) is -1.26. The monoisotopic (exact) mass is 369 g/mol. The number of allylic oxidation sites excluding steroid dienone is 2. The Labute approximate surface area is 159 Å². The number of carbonyl (C=O) groups excluding carboxylic acids is 2. The Bertz CT molecular complexity index is 382. The van der Waals surface area contributed by atoms with Crippen LogP contribution in [0.3, 0.4) is 0 Å². The van der Waals surface area contributed by atoms with Gasteiger partial charge in [0.25, 0.3) is 0 Å². The van der Waals surface area contributed by atoms with Crippen LogP contribution in [0.15, 0.2) is 12.2 Å².